The van der Waals surface area contributed by atoms with Crippen LogP contribution in [-0.4, -0.2) is 30.7 Å². The normalized spacial score (nSPS) is 7.58. The molecule has 0 aliphatic carbocycles. The highest BCUT2D eigenvalue weighted by Gasteiger charge is 2.06. The first-order valence-corrected chi connectivity index (χ1v) is 4.62. The minimum atomic E-state index is -1.64. The molecular formula is C11H14O8-2. The first-order valence-electron chi connectivity index (χ1n) is 4.62. The van der Waals surface area contributed by atoms with E-state index in [1.165, 1.54) is 0 Å². The fourth-order valence-corrected chi connectivity index (χ4v) is 0.499. The van der Waals surface area contributed by atoms with Crippen molar-refractivity contribution >= 4 is 23.9 Å². The van der Waals surface area contributed by atoms with Crippen molar-refractivity contribution in [2.45, 2.75) is 12.8 Å². The molecule has 0 rings (SSSR count). The first-order chi connectivity index (χ1) is 8.91. The van der Waals surface area contributed by atoms with Gasteiger partial charge in [0.05, 0.1) is 24.8 Å². The molecule has 0 bridgehead atoms. The molecule has 0 saturated heterocycles. The summed E-state index contributed by atoms with van der Waals surface area (Å²) in [5.74, 6) is -5.59. The fraction of sp³-hybridized carbons (Fsp3) is 0.273. The molecule has 0 N–H and O–H groups in total. The van der Waals surface area contributed by atoms with Crippen molar-refractivity contribution in [3.05, 3.63) is 26.3 Å². The van der Waals surface area contributed by atoms with Crippen molar-refractivity contribution < 1.29 is 38.9 Å². The Balaban J connectivity index is -0.000000579. The van der Waals surface area contributed by atoms with Gasteiger partial charge in [0.2, 0.25) is 6.79 Å². The first kappa shape index (κ1) is 21.6. The smallest absolute Gasteiger partial charge is 0.314 e. The minimum absolute atomic E-state index is 0.849. The zero-order valence-electron chi connectivity index (χ0n) is 10.2. The summed E-state index contributed by atoms with van der Waals surface area (Å²) in [6.45, 7) is 11.2. The number of aliphatic carboxylic acids is 2. The molecule has 0 aliphatic heterocycles. The third-order valence-electron chi connectivity index (χ3n) is 1.02. The Kier molecular flexibility index (Phi) is 17.5. The molecular weight excluding hydrogens is 260 g/mol. The van der Waals surface area contributed by atoms with E-state index in [1.54, 1.807) is 0 Å². The number of hydrogen-bond donors (Lipinski definition) is 0. The molecule has 0 aromatic heterocycles. The molecule has 0 heterocycles. The fourth-order valence-electron chi connectivity index (χ4n) is 0.499. The lowest BCUT2D eigenvalue weighted by molar-refractivity contribution is -0.306. The zero-order valence-corrected chi connectivity index (χ0v) is 10.2. The van der Waals surface area contributed by atoms with E-state index in [2.05, 4.69) is 35.8 Å². The van der Waals surface area contributed by atoms with Gasteiger partial charge >= 0.3 is 11.9 Å². The second-order valence-corrected chi connectivity index (χ2v) is 2.25. The van der Waals surface area contributed by atoms with Crippen LogP contribution in [0.1, 0.15) is 12.8 Å². The molecule has 0 saturated carbocycles. The maximum Gasteiger partial charge on any atom is 0.314 e. The van der Waals surface area contributed by atoms with Crippen LogP contribution in [0.25, 0.3) is 0 Å². The Bertz CT molecular complexity index is 280. The third-order valence-corrected chi connectivity index (χ3v) is 1.02. The molecule has 0 aliphatic rings. The van der Waals surface area contributed by atoms with Crippen LogP contribution in [0.4, 0.5) is 0 Å². The summed E-state index contributed by atoms with van der Waals surface area (Å²) < 4.78 is 8.18. The van der Waals surface area contributed by atoms with Crippen molar-refractivity contribution in [1.29, 1.82) is 0 Å². The summed E-state index contributed by atoms with van der Waals surface area (Å²) in [7, 11) is 0. The molecule has 108 valence electrons. The highest BCUT2D eigenvalue weighted by atomic mass is 16.7. The van der Waals surface area contributed by atoms with E-state index >= 15 is 0 Å². The second kappa shape index (κ2) is 15.4. The van der Waals surface area contributed by atoms with Gasteiger partial charge in [0.25, 0.3) is 0 Å². The highest BCUT2D eigenvalue weighted by Crippen LogP contribution is 1.89. The van der Waals surface area contributed by atoms with Gasteiger partial charge in [-0.15, -0.1) is 26.3 Å². The molecule has 0 radical (unpaired) electrons. The Morgan fingerprint density at radius 1 is 0.737 bits per heavy atom. The Labute approximate surface area is 109 Å². The number of carbonyl (C=O) groups excluding carboxylic acids is 4. The van der Waals surface area contributed by atoms with E-state index in [-0.39, 0.29) is 0 Å². The lowest BCUT2D eigenvalue weighted by Crippen LogP contribution is -2.28. The van der Waals surface area contributed by atoms with E-state index in [4.69, 9.17) is 0 Å². The van der Waals surface area contributed by atoms with Crippen LogP contribution in [0.2, 0.25) is 0 Å². The lowest BCUT2D eigenvalue weighted by atomic mass is 10.4. The minimum Gasteiger partial charge on any atom is -0.550 e. The van der Waals surface area contributed by atoms with Crippen LogP contribution < -0.4 is 10.2 Å². The van der Waals surface area contributed by atoms with Crippen LogP contribution in [-0.2, 0) is 28.7 Å². The molecule has 8 nitrogen and oxygen atoms in total. The number of carboxylic acid groups (broad SMARTS) is 2. The zero-order chi connectivity index (χ0) is 15.8. The molecule has 0 aromatic carbocycles. The number of carbonyl (C=O) groups is 4. The van der Waals surface area contributed by atoms with Gasteiger partial charge in [-0.3, -0.25) is 9.59 Å². The summed E-state index contributed by atoms with van der Waals surface area (Å²) in [6.07, 6.45) is -1.95. The third kappa shape index (κ3) is 21.2. The number of carboxylic acids is 2. The maximum absolute atomic E-state index is 10.5. The van der Waals surface area contributed by atoms with Gasteiger partial charge in [-0.05, 0) is 0 Å². The van der Waals surface area contributed by atoms with Crippen LogP contribution >= 0.6 is 0 Å². The van der Waals surface area contributed by atoms with Gasteiger partial charge in [0, 0.05) is 0 Å². The summed E-state index contributed by atoms with van der Waals surface area (Å²) in [4.78, 5) is 40.7. The van der Waals surface area contributed by atoms with Crippen molar-refractivity contribution in [2.75, 3.05) is 6.79 Å². The van der Waals surface area contributed by atoms with Gasteiger partial charge in [0.15, 0.2) is 0 Å². The van der Waals surface area contributed by atoms with Crippen LogP contribution in [0.5, 0.6) is 0 Å². The van der Waals surface area contributed by atoms with Crippen LogP contribution in [0.15, 0.2) is 26.3 Å². The number of ether oxygens (including phenoxy) is 2. The molecule has 0 amide bonds. The Morgan fingerprint density at radius 2 is 1.00 bits per heavy atom. The summed E-state index contributed by atoms with van der Waals surface area (Å²) in [5.41, 5.74) is 0. The Hall–Kier alpha value is -2.64. The quantitative estimate of drug-likeness (QED) is 0.233. The van der Waals surface area contributed by atoms with Crippen LogP contribution in [0, 0.1) is 0 Å². The monoisotopic (exact) mass is 274 g/mol. The molecule has 0 fully saturated rings. The van der Waals surface area contributed by atoms with E-state index < -0.39 is 43.5 Å². The van der Waals surface area contributed by atoms with E-state index in [0.29, 0.717) is 0 Å². The number of rotatable bonds is 6. The van der Waals surface area contributed by atoms with Gasteiger partial charge in [-0.25, -0.2) is 0 Å². The predicted octanol–water partition coefficient (Wildman–Crippen LogP) is -2.09. The van der Waals surface area contributed by atoms with E-state index in [1.807, 2.05) is 0 Å². The molecule has 0 spiro atoms. The van der Waals surface area contributed by atoms with Gasteiger partial charge in [0.1, 0.15) is 0 Å². The topological polar surface area (TPSA) is 133 Å². The molecule has 0 atom stereocenters. The second-order valence-electron chi connectivity index (χ2n) is 2.25. The summed E-state index contributed by atoms with van der Waals surface area (Å²) in [6, 6.07) is 0. The van der Waals surface area contributed by atoms with E-state index in [0.717, 1.165) is 0 Å². The molecule has 0 aromatic rings. The molecule has 19 heavy (non-hydrogen) atoms. The van der Waals surface area contributed by atoms with Crippen molar-refractivity contribution in [3.8, 4) is 0 Å². The summed E-state index contributed by atoms with van der Waals surface area (Å²) >= 11 is 0. The number of hydrogen-bond acceptors (Lipinski definition) is 8. The summed E-state index contributed by atoms with van der Waals surface area (Å²) in [5, 5.41) is 19.7. The van der Waals surface area contributed by atoms with Gasteiger partial charge in [-0.1, -0.05) is 0 Å². The van der Waals surface area contributed by atoms with Gasteiger partial charge in [-0.2, -0.15) is 0 Å². The molecule has 8 heteroatoms. The molecule has 0 unspecified atom stereocenters. The average molecular weight is 274 g/mol. The van der Waals surface area contributed by atoms with Crippen molar-refractivity contribution in [1.82, 2.24) is 0 Å². The predicted molar refractivity (Wildman–Crippen MR) is 58.8 cm³/mol. The largest absolute Gasteiger partial charge is 0.550 e. The van der Waals surface area contributed by atoms with Crippen molar-refractivity contribution in [2.24, 2.45) is 0 Å². The maximum atomic E-state index is 10.5. The van der Waals surface area contributed by atoms with Crippen LogP contribution in [0.3, 0.4) is 0 Å². The average Bonchev–Trinajstić information content (AvgIpc) is 2.32. The SMILES string of the molecule is C=C.C=C.O=C([O-])CC(=O)OCOC(=O)CC(=O)[O-]. The lowest BCUT2D eigenvalue weighted by Gasteiger charge is -2.06. The van der Waals surface area contributed by atoms with Crippen molar-refractivity contribution in [3.63, 3.8) is 0 Å². The van der Waals surface area contributed by atoms with Gasteiger partial charge < -0.3 is 29.3 Å². The number of esters is 2. The Morgan fingerprint density at radius 3 is 1.21 bits per heavy atom. The van der Waals surface area contributed by atoms with E-state index in [9.17, 15) is 29.4 Å². The standard InChI is InChI=1S/C7H8O8.2C2H4/c8-4(9)1-6(12)14-3-15-7(13)2-5(10)11;2*1-2/h1-3H2,(H,8,9)(H,10,11);2*1-2H2/p-2. The highest BCUT2D eigenvalue weighted by molar-refractivity contribution is 5.90.